The van der Waals surface area contributed by atoms with Crippen LogP contribution >= 0.6 is 34.5 Å². The lowest BCUT2D eigenvalue weighted by molar-refractivity contribution is -0.140. The Balaban J connectivity index is 2.12. The lowest BCUT2D eigenvalue weighted by atomic mass is 9.94. The van der Waals surface area contributed by atoms with E-state index in [0.717, 1.165) is 11.3 Å². The number of sulfonamides is 1. The molecule has 0 unspecified atom stereocenters. The number of piperazine rings is 1. The average molecular weight is 385 g/mol. The highest BCUT2D eigenvalue weighted by atomic mass is 35.5. The van der Waals surface area contributed by atoms with Crippen molar-refractivity contribution in [1.82, 2.24) is 9.21 Å². The Labute approximate surface area is 144 Å². The number of hydrogen-bond donors (Lipinski definition) is 0. The summed E-state index contributed by atoms with van der Waals surface area (Å²) in [6.45, 7) is 6.83. The lowest BCUT2D eigenvalue weighted by Crippen LogP contribution is -2.52. The second kappa shape index (κ2) is 6.28. The van der Waals surface area contributed by atoms with E-state index in [9.17, 15) is 13.2 Å². The molecular formula is C13H18Cl2N2O3S2. The topological polar surface area (TPSA) is 57.7 Å². The van der Waals surface area contributed by atoms with E-state index in [2.05, 4.69) is 0 Å². The molecule has 0 aliphatic carbocycles. The van der Waals surface area contributed by atoms with Gasteiger partial charge in [0.05, 0.1) is 4.34 Å². The molecular weight excluding hydrogens is 367 g/mol. The molecule has 0 N–H and O–H groups in total. The Morgan fingerprint density at radius 3 is 2.14 bits per heavy atom. The number of nitrogens with zero attached hydrogens (tertiary/aromatic N) is 2. The highest BCUT2D eigenvalue weighted by Gasteiger charge is 2.35. The molecule has 0 bridgehead atoms. The molecule has 2 heterocycles. The third kappa shape index (κ3) is 3.59. The fourth-order valence-electron chi connectivity index (χ4n) is 2.25. The van der Waals surface area contributed by atoms with Crippen molar-refractivity contribution in [1.29, 1.82) is 0 Å². The van der Waals surface area contributed by atoms with E-state index in [1.54, 1.807) is 4.90 Å². The van der Waals surface area contributed by atoms with Crippen LogP contribution in [0.1, 0.15) is 20.8 Å². The molecule has 0 radical (unpaired) electrons. The maximum atomic E-state index is 12.6. The molecule has 1 aliphatic heterocycles. The molecule has 1 amide bonds. The molecule has 1 aromatic rings. The minimum absolute atomic E-state index is 0.0289. The first kappa shape index (κ1) is 18.0. The van der Waals surface area contributed by atoms with E-state index in [-0.39, 0.29) is 28.2 Å². The Kier molecular flexibility index (Phi) is 5.14. The van der Waals surface area contributed by atoms with Gasteiger partial charge in [-0.05, 0) is 6.07 Å². The van der Waals surface area contributed by atoms with Gasteiger partial charge in [0.1, 0.15) is 9.23 Å². The van der Waals surface area contributed by atoms with Gasteiger partial charge in [0.25, 0.3) is 0 Å². The second-order valence-electron chi connectivity index (χ2n) is 6.13. The zero-order valence-electron chi connectivity index (χ0n) is 12.6. The standard InChI is InChI=1S/C13H18Cl2N2O3S2/c1-13(2,3)12(18)16-4-6-17(7-5-16)22(19,20)9-8-10(14)21-11(9)15/h8H,4-7H2,1-3H3. The van der Waals surface area contributed by atoms with Gasteiger partial charge in [0, 0.05) is 31.6 Å². The molecule has 1 aromatic heterocycles. The third-order valence-electron chi connectivity index (χ3n) is 3.41. The SMILES string of the molecule is CC(C)(C)C(=O)N1CCN(S(=O)(=O)c2cc(Cl)sc2Cl)CC1. The van der Waals surface area contributed by atoms with Crippen LogP contribution < -0.4 is 0 Å². The summed E-state index contributed by atoms with van der Waals surface area (Å²) >= 11 is 12.8. The smallest absolute Gasteiger partial charge is 0.245 e. The summed E-state index contributed by atoms with van der Waals surface area (Å²) in [6, 6.07) is 1.37. The molecule has 0 spiro atoms. The fraction of sp³-hybridized carbons (Fsp3) is 0.615. The molecule has 5 nitrogen and oxygen atoms in total. The van der Waals surface area contributed by atoms with Gasteiger partial charge in [0.2, 0.25) is 15.9 Å². The lowest BCUT2D eigenvalue weighted by Gasteiger charge is -2.36. The van der Waals surface area contributed by atoms with E-state index in [1.807, 2.05) is 20.8 Å². The predicted octanol–water partition coefficient (Wildman–Crippen LogP) is 2.93. The molecule has 1 saturated heterocycles. The van der Waals surface area contributed by atoms with Gasteiger partial charge in [-0.2, -0.15) is 4.31 Å². The Hall–Kier alpha value is -0.340. The molecule has 1 fully saturated rings. The van der Waals surface area contributed by atoms with E-state index < -0.39 is 15.4 Å². The van der Waals surface area contributed by atoms with Crippen molar-refractivity contribution in [2.24, 2.45) is 5.41 Å². The largest absolute Gasteiger partial charge is 0.340 e. The van der Waals surface area contributed by atoms with Gasteiger partial charge in [-0.1, -0.05) is 44.0 Å². The molecule has 124 valence electrons. The van der Waals surface area contributed by atoms with Crippen molar-refractivity contribution in [2.75, 3.05) is 26.2 Å². The normalized spacial score (nSPS) is 17.8. The van der Waals surface area contributed by atoms with Crippen LogP contribution in [0, 0.1) is 5.41 Å². The summed E-state index contributed by atoms with van der Waals surface area (Å²) in [7, 11) is -3.67. The van der Waals surface area contributed by atoms with Crippen LogP contribution in [0.25, 0.3) is 0 Å². The van der Waals surface area contributed by atoms with E-state index in [0.29, 0.717) is 17.4 Å². The first-order valence-corrected chi connectivity index (χ1v) is 9.79. The van der Waals surface area contributed by atoms with Crippen LogP contribution in [0.4, 0.5) is 0 Å². The van der Waals surface area contributed by atoms with Gasteiger partial charge in [0.15, 0.2) is 0 Å². The van der Waals surface area contributed by atoms with E-state index in [4.69, 9.17) is 23.2 Å². The number of hydrogen-bond acceptors (Lipinski definition) is 4. The maximum Gasteiger partial charge on any atom is 0.245 e. The molecule has 0 atom stereocenters. The third-order valence-corrected chi connectivity index (χ3v) is 7.06. The minimum atomic E-state index is -3.67. The number of amides is 1. The number of rotatable bonds is 2. The summed E-state index contributed by atoms with van der Waals surface area (Å²) in [4.78, 5) is 14.0. The van der Waals surface area contributed by atoms with Crippen LogP contribution in [0.15, 0.2) is 11.0 Å². The Bertz CT molecular complexity index is 672. The van der Waals surface area contributed by atoms with Gasteiger partial charge in [-0.15, -0.1) is 11.3 Å². The van der Waals surface area contributed by atoms with E-state index >= 15 is 0 Å². The summed E-state index contributed by atoms with van der Waals surface area (Å²) < 4.78 is 27.0. The highest BCUT2D eigenvalue weighted by Crippen LogP contribution is 2.36. The van der Waals surface area contributed by atoms with E-state index in [1.165, 1.54) is 10.4 Å². The molecule has 2 rings (SSSR count). The predicted molar refractivity (Wildman–Crippen MR) is 89.1 cm³/mol. The summed E-state index contributed by atoms with van der Waals surface area (Å²) in [5.41, 5.74) is -0.467. The van der Waals surface area contributed by atoms with Gasteiger partial charge >= 0.3 is 0 Å². The van der Waals surface area contributed by atoms with Crippen LogP contribution in [-0.4, -0.2) is 49.7 Å². The van der Waals surface area contributed by atoms with Crippen LogP contribution in [0.5, 0.6) is 0 Å². The fourth-order valence-corrected chi connectivity index (χ4v) is 5.78. The van der Waals surface area contributed by atoms with Crippen molar-refractivity contribution in [3.05, 3.63) is 14.7 Å². The monoisotopic (exact) mass is 384 g/mol. The molecule has 0 aromatic carbocycles. The summed E-state index contributed by atoms with van der Waals surface area (Å²) in [5, 5.41) is 0. The van der Waals surface area contributed by atoms with Crippen LogP contribution in [0.2, 0.25) is 8.67 Å². The summed E-state index contributed by atoms with van der Waals surface area (Å²) in [6.07, 6.45) is 0. The van der Waals surface area contributed by atoms with Crippen molar-refractivity contribution >= 4 is 50.5 Å². The molecule has 9 heteroatoms. The number of carbonyl (C=O) groups is 1. The van der Waals surface area contributed by atoms with Gasteiger partial charge < -0.3 is 4.90 Å². The first-order chi connectivity index (χ1) is 10.0. The minimum Gasteiger partial charge on any atom is -0.340 e. The zero-order chi connectivity index (χ0) is 16.7. The molecule has 0 saturated carbocycles. The van der Waals surface area contributed by atoms with Gasteiger partial charge in [-0.25, -0.2) is 8.42 Å². The average Bonchev–Trinajstić information content (AvgIpc) is 2.76. The first-order valence-electron chi connectivity index (χ1n) is 6.78. The molecule has 22 heavy (non-hydrogen) atoms. The molecule has 1 aliphatic rings. The van der Waals surface area contributed by atoms with Crippen molar-refractivity contribution in [3.63, 3.8) is 0 Å². The van der Waals surface area contributed by atoms with Crippen molar-refractivity contribution < 1.29 is 13.2 Å². The quantitative estimate of drug-likeness (QED) is 0.787. The number of halogens is 2. The van der Waals surface area contributed by atoms with Gasteiger partial charge in [-0.3, -0.25) is 4.79 Å². The Morgan fingerprint density at radius 1 is 1.18 bits per heavy atom. The maximum absolute atomic E-state index is 12.6. The van der Waals surface area contributed by atoms with Crippen molar-refractivity contribution in [2.45, 2.75) is 25.7 Å². The number of thiophene rings is 1. The Morgan fingerprint density at radius 2 is 1.73 bits per heavy atom. The van der Waals surface area contributed by atoms with Crippen LogP contribution in [-0.2, 0) is 14.8 Å². The zero-order valence-corrected chi connectivity index (χ0v) is 15.7. The summed E-state index contributed by atoms with van der Waals surface area (Å²) in [5.74, 6) is 0.0289. The number of carbonyl (C=O) groups excluding carboxylic acids is 1. The van der Waals surface area contributed by atoms with Crippen LogP contribution in [0.3, 0.4) is 0 Å². The second-order valence-corrected chi connectivity index (χ2v) is 10.3. The van der Waals surface area contributed by atoms with Crippen molar-refractivity contribution in [3.8, 4) is 0 Å². The highest BCUT2D eigenvalue weighted by molar-refractivity contribution is 7.89.